The number of phosphoric ester groups is 1. The van der Waals surface area contributed by atoms with Crippen LogP contribution >= 0.6 is 7.82 Å². The molecule has 0 aromatic carbocycles. The molecule has 3 unspecified atom stereocenters. The molecule has 0 fully saturated rings. The van der Waals surface area contributed by atoms with Gasteiger partial charge in [-0.2, -0.15) is 0 Å². The third-order valence-corrected chi connectivity index (χ3v) is 9.11. The molecule has 11 heteroatoms. The number of aliphatic hydroxyl groups excluding tert-OH is 2. The molecular weight excluding hydrogens is 695 g/mol. The summed E-state index contributed by atoms with van der Waals surface area (Å²) in [6, 6.07) is 0. The maximum absolute atomic E-state index is 12.6. The summed E-state index contributed by atoms with van der Waals surface area (Å²) in [5, 5.41) is 18.3. The van der Waals surface area contributed by atoms with Crippen LogP contribution in [-0.4, -0.2) is 65.7 Å². The van der Waals surface area contributed by atoms with Crippen LogP contribution in [0.5, 0.6) is 0 Å². The van der Waals surface area contributed by atoms with Gasteiger partial charge in [0.15, 0.2) is 6.10 Å². The molecule has 0 aromatic heterocycles. The van der Waals surface area contributed by atoms with Gasteiger partial charge in [-0.1, -0.05) is 126 Å². The van der Waals surface area contributed by atoms with E-state index < -0.39 is 51.8 Å². The molecule has 0 aromatic rings. The van der Waals surface area contributed by atoms with E-state index >= 15 is 0 Å². The molecule has 0 heterocycles. The third-order valence-electron chi connectivity index (χ3n) is 8.16. The largest absolute Gasteiger partial charge is 0.472 e. The molecule has 0 saturated carbocycles. The zero-order valence-corrected chi connectivity index (χ0v) is 33.9. The molecule has 0 bridgehead atoms. The highest BCUT2D eigenvalue weighted by molar-refractivity contribution is 7.47. The first-order valence-corrected chi connectivity index (χ1v) is 21.7. The lowest BCUT2D eigenvalue weighted by Gasteiger charge is -2.20. The number of esters is 2. The molecule has 0 spiro atoms. The standard InChI is InChI=1S/C42H73O10P/c1-3-5-7-9-11-13-15-17-19-21-23-25-27-29-31-33-41(45)49-37-40(38-51-53(47,48)50-36-39(44)35-43)52-42(46)34-32-30-28-26-24-22-20-18-16-14-12-10-8-6-4-2/h6,8,11-14,17-20,39-40,43-44H,3-5,7,9-10,15-16,21-38H2,1-2H3,(H,47,48)/b8-6-,13-11-,14-12-,19-17-,20-18-. The fourth-order valence-electron chi connectivity index (χ4n) is 5.04. The molecule has 0 aliphatic carbocycles. The molecule has 3 atom stereocenters. The van der Waals surface area contributed by atoms with Crippen molar-refractivity contribution in [2.24, 2.45) is 0 Å². The summed E-state index contributed by atoms with van der Waals surface area (Å²) in [7, 11) is -4.62. The zero-order valence-electron chi connectivity index (χ0n) is 33.0. The van der Waals surface area contributed by atoms with Gasteiger partial charge in [-0.15, -0.1) is 0 Å². The van der Waals surface area contributed by atoms with Gasteiger partial charge in [0, 0.05) is 12.8 Å². The molecular formula is C42H73O10P. The minimum absolute atomic E-state index is 0.159. The van der Waals surface area contributed by atoms with Crippen molar-refractivity contribution in [2.45, 2.75) is 167 Å². The summed E-state index contributed by atoms with van der Waals surface area (Å²) < 4.78 is 32.6. The first-order chi connectivity index (χ1) is 25.7. The quantitative estimate of drug-likeness (QED) is 0.0241. The SMILES string of the molecule is CC/C=C\C/C=C\C/C=C\CCCCCCCC(=O)OC(COC(=O)CCCCCCC/C=C\C/C=C\CCCCC)COP(=O)(O)OCC(O)CO. The van der Waals surface area contributed by atoms with Crippen molar-refractivity contribution >= 4 is 19.8 Å². The molecule has 10 nitrogen and oxygen atoms in total. The second kappa shape index (κ2) is 38.0. The minimum Gasteiger partial charge on any atom is -0.462 e. The van der Waals surface area contributed by atoms with E-state index in [-0.39, 0.29) is 19.4 Å². The topological polar surface area (TPSA) is 149 Å². The number of allylic oxidation sites excluding steroid dienone is 10. The van der Waals surface area contributed by atoms with Gasteiger partial charge in [0.05, 0.1) is 19.8 Å². The Labute approximate surface area is 321 Å². The van der Waals surface area contributed by atoms with E-state index in [1.54, 1.807) is 0 Å². The van der Waals surface area contributed by atoms with Crippen molar-refractivity contribution < 1.29 is 47.8 Å². The lowest BCUT2D eigenvalue weighted by Crippen LogP contribution is -2.29. The van der Waals surface area contributed by atoms with Crippen molar-refractivity contribution in [3.63, 3.8) is 0 Å². The minimum atomic E-state index is -4.62. The molecule has 0 amide bonds. The fourth-order valence-corrected chi connectivity index (χ4v) is 5.83. The smallest absolute Gasteiger partial charge is 0.462 e. The number of hydrogen-bond acceptors (Lipinski definition) is 9. The summed E-state index contributed by atoms with van der Waals surface area (Å²) in [6.45, 7) is 2.18. The van der Waals surface area contributed by atoms with Crippen molar-refractivity contribution in [3.8, 4) is 0 Å². The van der Waals surface area contributed by atoms with E-state index in [0.29, 0.717) is 12.8 Å². The fraction of sp³-hybridized carbons (Fsp3) is 0.714. The highest BCUT2D eigenvalue weighted by Crippen LogP contribution is 2.43. The van der Waals surface area contributed by atoms with Crippen molar-refractivity contribution in [1.82, 2.24) is 0 Å². The Hall–Kier alpha value is -2.33. The van der Waals surface area contributed by atoms with E-state index in [1.807, 2.05) is 0 Å². The average Bonchev–Trinajstić information content (AvgIpc) is 3.14. The lowest BCUT2D eigenvalue weighted by atomic mass is 10.1. The van der Waals surface area contributed by atoms with E-state index in [4.69, 9.17) is 19.1 Å². The maximum Gasteiger partial charge on any atom is 0.472 e. The highest BCUT2D eigenvalue weighted by Gasteiger charge is 2.27. The van der Waals surface area contributed by atoms with Crippen LogP contribution in [0.1, 0.15) is 155 Å². The second-order valence-electron chi connectivity index (χ2n) is 13.3. The second-order valence-corrected chi connectivity index (χ2v) is 14.7. The Morgan fingerprint density at radius 2 is 1.04 bits per heavy atom. The Kier molecular flexibility index (Phi) is 36.3. The number of ether oxygens (including phenoxy) is 2. The highest BCUT2D eigenvalue weighted by atomic mass is 31.2. The van der Waals surface area contributed by atoms with Crippen molar-refractivity contribution in [3.05, 3.63) is 60.8 Å². The molecule has 0 saturated heterocycles. The molecule has 3 N–H and O–H groups in total. The van der Waals surface area contributed by atoms with Crippen molar-refractivity contribution in [2.75, 3.05) is 26.4 Å². The lowest BCUT2D eigenvalue weighted by molar-refractivity contribution is -0.161. The number of unbranched alkanes of at least 4 members (excludes halogenated alkanes) is 13. The van der Waals surface area contributed by atoms with Crippen LogP contribution in [0.4, 0.5) is 0 Å². The molecule has 53 heavy (non-hydrogen) atoms. The number of phosphoric acid groups is 1. The van der Waals surface area contributed by atoms with Gasteiger partial charge < -0.3 is 24.6 Å². The number of rotatable bonds is 37. The van der Waals surface area contributed by atoms with Crippen LogP contribution in [-0.2, 0) is 32.7 Å². The Morgan fingerprint density at radius 1 is 0.585 bits per heavy atom. The van der Waals surface area contributed by atoms with Crippen LogP contribution in [0.25, 0.3) is 0 Å². The molecule has 306 valence electrons. The van der Waals surface area contributed by atoms with Gasteiger partial charge in [-0.3, -0.25) is 18.6 Å². The van der Waals surface area contributed by atoms with Crippen LogP contribution in [0, 0.1) is 0 Å². The third kappa shape index (κ3) is 37.8. The van der Waals surface area contributed by atoms with Crippen LogP contribution in [0.15, 0.2) is 60.8 Å². The van der Waals surface area contributed by atoms with Crippen LogP contribution in [0.3, 0.4) is 0 Å². The number of hydrogen-bond donors (Lipinski definition) is 3. The van der Waals surface area contributed by atoms with Gasteiger partial charge in [-0.05, 0) is 77.0 Å². The number of carbonyl (C=O) groups excluding carboxylic acids is 2. The normalized spacial score (nSPS) is 14.6. The summed E-state index contributed by atoms with van der Waals surface area (Å²) in [6.07, 6.45) is 40.4. The van der Waals surface area contributed by atoms with Gasteiger partial charge in [0.1, 0.15) is 12.7 Å². The molecule has 0 aliphatic heterocycles. The Morgan fingerprint density at radius 3 is 1.57 bits per heavy atom. The van der Waals surface area contributed by atoms with Gasteiger partial charge in [0.25, 0.3) is 0 Å². The first kappa shape index (κ1) is 50.7. The maximum atomic E-state index is 12.6. The Balaban J connectivity index is 4.40. The number of carbonyl (C=O) groups is 2. The van der Waals surface area contributed by atoms with E-state index in [9.17, 15) is 24.2 Å². The van der Waals surface area contributed by atoms with Crippen LogP contribution in [0.2, 0.25) is 0 Å². The first-order valence-electron chi connectivity index (χ1n) is 20.2. The molecule has 0 radical (unpaired) electrons. The molecule has 0 rings (SSSR count). The predicted octanol–water partition coefficient (Wildman–Crippen LogP) is 10.3. The zero-order chi connectivity index (χ0) is 39.1. The summed E-state index contributed by atoms with van der Waals surface area (Å²) >= 11 is 0. The van der Waals surface area contributed by atoms with Crippen LogP contribution < -0.4 is 0 Å². The van der Waals surface area contributed by atoms with Gasteiger partial charge in [-0.25, -0.2) is 4.57 Å². The summed E-state index contributed by atoms with van der Waals surface area (Å²) in [4.78, 5) is 34.9. The number of aliphatic hydroxyl groups is 2. The van der Waals surface area contributed by atoms with E-state index in [0.717, 1.165) is 96.3 Å². The monoisotopic (exact) mass is 768 g/mol. The summed E-state index contributed by atoms with van der Waals surface area (Å²) in [5.41, 5.74) is 0. The average molecular weight is 769 g/mol. The predicted molar refractivity (Wildman–Crippen MR) is 214 cm³/mol. The van der Waals surface area contributed by atoms with E-state index in [2.05, 4.69) is 79.1 Å². The van der Waals surface area contributed by atoms with Crippen molar-refractivity contribution in [1.29, 1.82) is 0 Å². The molecule has 0 aliphatic rings. The van der Waals surface area contributed by atoms with Gasteiger partial charge >= 0.3 is 19.8 Å². The van der Waals surface area contributed by atoms with Gasteiger partial charge in [0.2, 0.25) is 0 Å². The summed E-state index contributed by atoms with van der Waals surface area (Å²) in [5.74, 6) is -0.966. The van der Waals surface area contributed by atoms with E-state index in [1.165, 1.54) is 19.3 Å². The Bertz CT molecular complexity index is 1070.